The SMILES string of the molecule is C=CCO[C@@]12Oc3ccc(OC(=O)Nc4ccc(OC)cc4OC)cc3[C@H]3[C@H](CCCCO)[C@@H](CCCCO)C=C(C(=NOC(C)(C)C)C[C@@H]1N(Cc1cccc4ccccc14)C(=O)C1CC1)[C@H]32. The molecule has 0 radical (unpaired) electrons. The normalized spacial score (nSPS) is 23.4. The average Bonchev–Trinajstić information content (AvgIpc) is 4.19. The van der Waals surface area contributed by atoms with Crippen LogP contribution < -0.4 is 24.3 Å². The molecular weight excluding hydrogens is 863 g/mol. The van der Waals surface area contributed by atoms with Gasteiger partial charge in [-0.05, 0) is 123 Å². The van der Waals surface area contributed by atoms with Crippen LogP contribution in [0.4, 0.5) is 10.5 Å². The van der Waals surface area contributed by atoms with Gasteiger partial charge in [0.2, 0.25) is 11.7 Å². The third-order valence-electron chi connectivity index (χ3n) is 13.7. The van der Waals surface area contributed by atoms with E-state index >= 15 is 4.79 Å². The number of methoxy groups -OCH3 is 2. The van der Waals surface area contributed by atoms with E-state index < -0.39 is 29.4 Å². The number of nitrogens with zero attached hydrogens (tertiary/aromatic N) is 2. The predicted octanol–water partition coefficient (Wildman–Crippen LogP) is 10.3. The number of unbranched alkanes of at least 4 members (excludes halogenated alkanes) is 2. The molecule has 0 aromatic heterocycles. The van der Waals surface area contributed by atoms with Crippen LogP contribution in [-0.4, -0.2) is 84.3 Å². The molecule has 3 aliphatic carbocycles. The summed E-state index contributed by atoms with van der Waals surface area (Å²) in [5.74, 6) is -0.533. The average molecular weight is 930 g/mol. The summed E-state index contributed by atoms with van der Waals surface area (Å²) in [6.07, 6.45) is 9.60. The molecule has 68 heavy (non-hydrogen) atoms. The van der Waals surface area contributed by atoms with Crippen molar-refractivity contribution in [2.75, 3.05) is 39.4 Å². The highest BCUT2D eigenvalue weighted by Crippen LogP contribution is 2.62. The first-order valence-corrected chi connectivity index (χ1v) is 24.2. The first-order valence-electron chi connectivity index (χ1n) is 24.2. The summed E-state index contributed by atoms with van der Waals surface area (Å²) in [6.45, 7) is 10.6. The van der Waals surface area contributed by atoms with Crippen molar-refractivity contribution in [3.8, 4) is 23.0 Å². The molecule has 4 aliphatic rings. The molecule has 13 heteroatoms. The summed E-state index contributed by atoms with van der Waals surface area (Å²) in [7, 11) is 3.07. The topological polar surface area (TPSA) is 158 Å². The number of nitrogens with one attached hydrogen (secondary N) is 1. The minimum Gasteiger partial charge on any atom is -0.497 e. The molecule has 13 nitrogen and oxygen atoms in total. The second-order valence-electron chi connectivity index (χ2n) is 19.4. The predicted molar refractivity (Wildman–Crippen MR) is 262 cm³/mol. The van der Waals surface area contributed by atoms with E-state index in [1.54, 1.807) is 37.5 Å². The molecule has 3 N–H and O–H groups in total. The number of benzene rings is 4. The molecule has 362 valence electrons. The maximum absolute atomic E-state index is 15.1. The van der Waals surface area contributed by atoms with Gasteiger partial charge in [0.15, 0.2) is 0 Å². The fourth-order valence-corrected chi connectivity index (χ4v) is 10.6. The molecule has 6 atom stereocenters. The van der Waals surface area contributed by atoms with Crippen LogP contribution in [0.1, 0.15) is 95.6 Å². The van der Waals surface area contributed by atoms with Crippen molar-refractivity contribution in [1.82, 2.24) is 4.90 Å². The van der Waals surface area contributed by atoms with Crippen LogP contribution in [-0.2, 0) is 20.9 Å². The Hall–Kier alpha value is -5.89. The van der Waals surface area contributed by atoms with Crippen LogP contribution in [0.2, 0.25) is 0 Å². The van der Waals surface area contributed by atoms with Crippen LogP contribution in [0.3, 0.4) is 0 Å². The fourth-order valence-electron chi connectivity index (χ4n) is 10.6. The number of carbonyl (C=O) groups excluding carboxylic acids is 2. The number of hydrogen-bond acceptors (Lipinski definition) is 11. The molecule has 1 aliphatic heterocycles. The van der Waals surface area contributed by atoms with Crippen LogP contribution in [0.5, 0.6) is 23.0 Å². The van der Waals surface area contributed by atoms with E-state index in [1.165, 1.54) is 7.11 Å². The molecule has 2 amide bonds. The van der Waals surface area contributed by atoms with E-state index in [2.05, 4.69) is 42.2 Å². The van der Waals surface area contributed by atoms with Gasteiger partial charge in [-0.2, -0.15) is 0 Å². The van der Waals surface area contributed by atoms with Crippen LogP contribution in [0.15, 0.2) is 108 Å². The zero-order valence-corrected chi connectivity index (χ0v) is 40.1. The van der Waals surface area contributed by atoms with Crippen molar-refractivity contribution in [3.05, 3.63) is 114 Å². The Bertz CT molecular complexity index is 2510. The standard InChI is InChI=1S/C55H67N3O10/c1-7-29-65-55-49(58(52(61)36-21-22-36)34-38-18-14-17-35-15-8-9-19-41(35)38)33-46(57-68-54(2,3)4)43-30-37(16-10-12-27-59)42(20-11-13-28-60)50(51(43)55)44-31-40(24-26-47(44)67-55)66-53(62)56-45-25-23-39(63-5)32-48(45)64-6/h7-9,14-15,17-19,23-26,30-32,36-37,42,49-51,59-60H,1,10-13,16,20-22,27-29,33-34H2,2-6H3,(H,56,62)/t37-,42+,49-,50+,51+,55+/m0/s1. The third kappa shape index (κ3) is 10.4. The molecule has 2 fully saturated rings. The smallest absolute Gasteiger partial charge is 0.417 e. The number of ether oxygens (including phenoxy) is 5. The summed E-state index contributed by atoms with van der Waals surface area (Å²) in [6, 6.07) is 24.3. The van der Waals surface area contributed by atoms with E-state index in [0.717, 1.165) is 71.7 Å². The minimum absolute atomic E-state index is 0.0197. The Morgan fingerprint density at radius 3 is 2.40 bits per heavy atom. The van der Waals surface area contributed by atoms with Gasteiger partial charge in [-0.1, -0.05) is 72.6 Å². The highest BCUT2D eigenvalue weighted by molar-refractivity contribution is 6.03. The molecule has 8 rings (SSSR count). The van der Waals surface area contributed by atoms with Gasteiger partial charge in [-0.3, -0.25) is 10.1 Å². The Morgan fingerprint density at radius 2 is 1.68 bits per heavy atom. The van der Waals surface area contributed by atoms with Gasteiger partial charge in [-0.25, -0.2) is 4.79 Å². The number of allylic oxidation sites excluding steroid dienone is 1. The second kappa shape index (κ2) is 21.2. The quantitative estimate of drug-likeness (QED) is 0.0443. The van der Waals surface area contributed by atoms with E-state index in [9.17, 15) is 15.0 Å². The molecule has 1 heterocycles. The summed E-state index contributed by atoms with van der Waals surface area (Å²) in [5, 5.41) is 30.0. The summed E-state index contributed by atoms with van der Waals surface area (Å²) < 4.78 is 31.7. The lowest BCUT2D eigenvalue weighted by atomic mass is 9.55. The lowest BCUT2D eigenvalue weighted by molar-refractivity contribution is -0.258. The Kier molecular flexibility index (Phi) is 15.1. The highest BCUT2D eigenvalue weighted by Gasteiger charge is 2.66. The summed E-state index contributed by atoms with van der Waals surface area (Å²) in [4.78, 5) is 37.2. The third-order valence-corrected chi connectivity index (χ3v) is 13.7. The number of carbonyl (C=O) groups is 2. The van der Waals surface area contributed by atoms with Gasteiger partial charge in [0, 0.05) is 49.6 Å². The largest absolute Gasteiger partial charge is 0.497 e. The zero-order valence-electron chi connectivity index (χ0n) is 40.1. The number of anilines is 1. The lowest BCUT2D eigenvalue weighted by Crippen LogP contribution is -2.70. The van der Waals surface area contributed by atoms with Crippen molar-refractivity contribution in [1.29, 1.82) is 0 Å². The fraction of sp³-hybridized carbons (Fsp3) is 0.473. The van der Waals surface area contributed by atoms with E-state index in [4.69, 9.17) is 33.7 Å². The van der Waals surface area contributed by atoms with E-state index in [1.807, 2.05) is 56.0 Å². The van der Waals surface area contributed by atoms with Gasteiger partial charge in [-0.15, -0.1) is 6.58 Å². The number of fused-ring (bicyclic) bond motifs is 3. The monoisotopic (exact) mass is 929 g/mol. The summed E-state index contributed by atoms with van der Waals surface area (Å²) in [5.41, 5.74) is 3.28. The van der Waals surface area contributed by atoms with Crippen LogP contribution in [0.25, 0.3) is 10.8 Å². The van der Waals surface area contributed by atoms with E-state index in [0.29, 0.717) is 48.1 Å². The lowest BCUT2D eigenvalue weighted by Gasteiger charge is -2.60. The Morgan fingerprint density at radius 1 is 0.926 bits per heavy atom. The van der Waals surface area contributed by atoms with Crippen molar-refractivity contribution in [2.24, 2.45) is 28.8 Å². The Balaban J connectivity index is 1.31. The number of amides is 2. The second-order valence-corrected chi connectivity index (χ2v) is 19.4. The number of rotatable bonds is 20. The van der Waals surface area contributed by atoms with Gasteiger partial charge in [0.25, 0.3) is 0 Å². The molecule has 4 aromatic rings. The van der Waals surface area contributed by atoms with Crippen molar-refractivity contribution in [3.63, 3.8) is 0 Å². The van der Waals surface area contributed by atoms with Crippen molar-refractivity contribution < 1.29 is 48.3 Å². The van der Waals surface area contributed by atoms with Crippen LogP contribution in [0, 0.1) is 23.7 Å². The molecule has 0 unspecified atom stereocenters. The number of hydrogen-bond donors (Lipinski definition) is 3. The number of aliphatic hydroxyl groups is 2. The first-order chi connectivity index (χ1) is 32.9. The maximum Gasteiger partial charge on any atom is 0.417 e. The van der Waals surface area contributed by atoms with Crippen LogP contribution >= 0.6 is 0 Å². The molecule has 4 aromatic carbocycles. The molecular formula is C55H67N3O10. The number of aliphatic hydroxyl groups excluding tert-OH is 2. The van der Waals surface area contributed by atoms with Gasteiger partial charge >= 0.3 is 6.09 Å². The summed E-state index contributed by atoms with van der Waals surface area (Å²) >= 11 is 0. The Labute approximate surface area is 400 Å². The number of oxime groups is 1. The van der Waals surface area contributed by atoms with Crippen molar-refractivity contribution in [2.45, 2.75) is 108 Å². The van der Waals surface area contributed by atoms with Crippen molar-refractivity contribution >= 4 is 34.2 Å². The van der Waals surface area contributed by atoms with Gasteiger partial charge < -0.3 is 43.6 Å². The van der Waals surface area contributed by atoms with Gasteiger partial charge in [0.05, 0.1) is 38.1 Å². The zero-order chi connectivity index (χ0) is 48.0. The molecule has 0 bridgehead atoms. The molecule has 0 spiro atoms. The molecule has 2 saturated carbocycles. The molecule has 0 saturated heterocycles. The van der Waals surface area contributed by atoms with Gasteiger partial charge in [0.1, 0.15) is 34.6 Å². The maximum atomic E-state index is 15.1. The van der Waals surface area contributed by atoms with E-state index in [-0.39, 0.29) is 55.8 Å². The first kappa shape index (κ1) is 48.6. The highest BCUT2D eigenvalue weighted by atomic mass is 16.7. The minimum atomic E-state index is -1.44.